The second-order valence-electron chi connectivity index (χ2n) is 6.62. The first-order valence-electron chi connectivity index (χ1n) is 8.31. The van der Waals surface area contributed by atoms with Gasteiger partial charge >= 0.3 is 0 Å². The Morgan fingerprint density at radius 1 is 1.32 bits per heavy atom. The van der Waals surface area contributed by atoms with Gasteiger partial charge < -0.3 is 14.7 Å². The van der Waals surface area contributed by atoms with Crippen molar-refractivity contribution in [3.05, 3.63) is 24.3 Å². The Bertz CT molecular complexity index is 620. The topological polar surface area (TPSA) is 49.0 Å². The number of anilines is 1. The molecule has 1 N–H and O–H groups in total. The average molecular weight is 299 g/mol. The largest absolute Gasteiger partial charge is 0.342 e. The van der Waals surface area contributed by atoms with Crippen molar-refractivity contribution in [3.63, 3.8) is 0 Å². The second-order valence-corrected chi connectivity index (χ2v) is 6.62. The molecule has 1 aliphatic rings. The number of benzene rings is 1. The lowest BCUT2D eigenvalue weighted by molar-refractivity contribution is -0.117. The zero-order chi connectivity index (χ0) is 15.6. The first kappa shape index (κ1) is 15.1. The number of aromatic amines is 1. The highest BCUT2D eigenvalue weighted by atomic mass is 16.1. The molecule has 1 aliphatic heterocycles. The third-order valence-corrected chi connectivity index (χ3v) is 5.26. The van der Waals surface area contributed by atoms with E-state index in [1.54, 1.807) is 6.92 Å². The van der Waals surface area contributed by atoms with Gasteiger partial charge in [0.15, 0.2) is 0 Å². The maximum absolute atomic E-state index is 11.3. The van der Waals surface area contributed by atoms with Gasteiger partial charge in [-0.05, 0) is 43.7 Å². The van der Waals surface area contributed by atoms with Gasteiger partial charge in [-0.25, -0.2) is 4.98 Å². The van der Waals surface area contributed by atoms with Crippen LogP contribution in [0.25, 0.3) is 11.0 Å². The third kappa shape index (κ3) is 3.01. The van der Waals surface area contributed by atoms with Crippen molar-refractivity contribution in [2.45, 2.75) is 46.0 Å². The first-order valence-corrected chi connectivity index (χ1v) is 8.31. The fraction of sp³-hybridized carbons (Fsp3) is 0.556. The SMILES string of the molecule is CCC1(CCC(C)=O)CCN(c2nc3ccccc3[nH]2)CC1. The van der Waals surface area contributed by atoms with Crippen LogP contribution in [0.3, 0.4) is 0 Å². The monoisotopic (exact) mass is 299 g/mol. The van der Waals surface area contributed by atoms with Crippen LogP contribution in [0.1, 0.15) is 46.0 Å². The number of fused-ring (bicyclic) bond motifs is 1. The minimum Gasteiger partial charge on any atom is -0.342 e. The molecule has 0 bridgehead atoms. The number of hydrogen-bond acceptors (Lipinski definition) is 3. The van der Waals surface area contributed by atoms with Crippen molar-refractivity contribution >= 4 is 22.8 Å². The molecule has 0 unspecified atom stereocenters. The number of imidazole rings is 1. The molecule has 0 amide bonds. The van der Waals surface area contributed by atoms with Gasteiger partial charge in [-0.3, -0.25) is 0 Å². The van der Waals surface area contributed by atoms with Crippen LogP contribution < -0.4 is 4.90 Å². The van der Waals surface area contributed by atoms with Crippen molar-refractivity contribution in [1.82, 2.24) is 9.97 Å². The van der Waals surface area contributed by atoms with Crippen LogP contribution in [0.2, 0.25) is 0 Å². The summed E-state index contributed by atoms with van der Waals surface area (Å²) in [5.74, 6) is 1.30. The zero-order valence-corrected chi connectivity index (χ0v) is 13.6. The van der Waals surface area contributed by atoms with E-state index in [9.17, 15) is 4.79 Å². The predicted octanol–water partition coefficient (Wildman–Crippen LogP) is 3.93. The molecule has 0 spiro atoms. The molecule has 1 saturated heterocycles. The van der Waals surface area contributed by atoms with E-state index in [2.05, 4.69) is 22.9 Å². The molecule has 1 fully saturated rings. The van der Waals surface area contributed by atoms with Crippen LogP contribution in [0.5, 0.6) is 0 Å². The average Bonchev–Trinajstić information content (AvgIpc) is 2.97. The Hall–Kier alpha value is -1.84. The molecule has 4 heteroatoms. The fourth-order valence-corrected chi connectivity index (χ4v) is 3.50. The van der Waals surface area contributed by atoms with Crippen LogP contribution in [-0.2, 0) is 4.79 Å². The maximum Gasteiger partial charge on any atom is 0.203 e. The van der Waals surface area contributed by atoms with E-state index >= 15 is 0 Å². The van der Waals surface area contributed by atoms with E-state index in [1.165, 1.54) is 0 Å². The van der Waals surface area contributed by atoms with Gasteiger partial charge in [0.05, 0.1) is 11.0 Å². The maximum atomic E-state index is 11.3. The summed E-state index contributed by atoms with van der Waals surface area (Å²) in [6, 6.07) is 8.17. The quantitative estimate of drug-likeness (QED) is 0.910. The summed E-state index contributed by atoms with van der Waals surface area (Å²) in [7, 11) is 0. The summed E-state index contributed by atoms with van der Waals surface area (Å²) in [5, 5.41) is 0. The van der Waals surface area contributed by atoms with Crippen molar-refractivity contribution in [2.24, 2.45) is 5.41 Å². The molecule has 4 nitrogen and oxygen atoms in total. The Balaban J connectivity index is 1.68. The van der Waals surface area contributed by atoms with Crippen molar-refractivity contribution < 1.29 is 4.79 Å². The molecule has 1 aromatic heterocycles. The normalized spacial score (nSPS) is 17.8. The lowest BCUT2D eigenvalue weighted by atomic mass is 9.72. The number of nitrogens with zero attached hydrogens (tertiary/aromatic N) is 2. The lowest BCUT2D eigenvalue weighted by Gasteiger charge is -2.41. The molecule has 22 heavy (non-hydrogen) atoms. The van der Waals surface area contributed by atoms with Gasteiger partial charge in [0.1, 0.15) is 5.78 Å². The molecule has 0 atom stereocenters. The van der Waals surface area contributed by atoms with Gasteiger partial charge in [-0.15, -0.1) is 0 Å². The number of H-pyrrole nitrogens is 1. The fourth-order valence-electron chi connectivity index (χ4n) is 3.50. The number of piperidine rings is 1. The molecular formula is C18H25N3O. The van der Waals surface area contributed by atoms with Crippen LogP contribution in [-0.4, -0.2) is 28.8 Å². The van der Waals surface area contributed by atoms with E-state index in [-0.39, 0.29) is 0 Å². The molecule has 118 valence electrons. The van der Waals surface area contributed by atoms with Gasteiger partial charge in [0, 0.05) is 19.5 Å². The highest BCUT2D eigenvalue weighted by Gasteiger charge is 2.33. The number of hydrogen-bond donors (Lipinski definition) is 1. The molecule has 0 aliphatic carbocycles. The first-order chi connectivity index (χ1) is 10.6. The standard InChI is InChI=1S/C18H25N3O/c1-3-18(9-8-14(2)22)10-12-21(13-11-18)17-19-15-6-4-5-7-16(15)20-17/h4-7H,3,8-13H2,1-2H3,(H,19,20). The Labute approximate surface area is 131 Å². The highest BCUT2D eigenvalue weighted by Crippen LogP contribution is 2.40. The summed E-state index contributed by atoms with van der Waals surface area (Å²) in [5.41, 5.74) is 2.47. The van der Waals surface area contributed by atoms with Crippen LogP contribution in [0.15, 0.2) is 24.3 Å². The zero-order valence-electron chi connectivity index (χ0n) is 13.6. The minimum absolute atomic E-state index is 0.313. The lowest BCUT2D eigenvalue weighted by Crippen LogP contribution is -2.40. The minimum atomic E-state index is 0.313. The molecule has 2 heterocycles. The summed E-state index contributed by atoms with van der Waals surface area (Å²) >= 11 is 0. The van der Waals surface area contributed by atoms with Crippen molar-refractivity contribution in [2.75, 3.05) is 18.0 Å². The number of aromatic nitrogens is 2. The highest BCUT2D eigenvalue weighted by molar-refractivity contribution is 5.77. The summed E-state index contributed by atoms with van der Waals surface area (Å²) < 4.78 is 0. The van der Waals surface area contributed by atoms with E-state index in [0.717, 1.165) is 62.2 Å². The number of ketones is 1. The number of rotatable bonds is 5. The van der Waals surface area contributed by atoms with E-state index in [4.69, 9.17) is 4.98 Å². The smallest absolute Gasteiger partial charge is 0.203 e. The van der Waals surface area contributed by atoms with E-state index in [0.29, 0.717) is 11.2 Å². The predicted molar refractivity (Wildman–Crippen MR) is 90.2 cm³/mol. The number of Topliss-reactive ketones (excluding diaryl/α,β-unsaturated/α-hetero) is 1. The molecule has 0 radical (unpaired) electrons. The number of carbonyl (C=O) groups excluding carboxylic acids is 1. The van der Waals surface area contributed by atoms with Crippen LogP contribution in [0.4, 0.5) is 5.95 Å². The van der Waals surface area contributed by atoms with E-state index < -0.39 is 0 Å². The van der Waals surface area contributed by atoms with Crippen molar-refractivity contribution in [3.8, 4) is 0 Å². The molecule has 2 aromatic rings. The van der Waals surface area contributed by atoms with E-state index in [1.807, 2.05) is 18.2 Å². The summed E-state index contributed by atoms with van der Waals surface area (Å²) in [6.07, 6.45) is 5.21. The second kappa shape index (κ2) is 6.11. The summed E-state index contributed by atoms with van der Waals surface area (Å²) in [6.45, 7) is 6.00. The number of carbonyl (C=O) groups is 1. The molecule has 0 saturated carbocycles. The van der Waals surface area contributed by atoms with Crippen LogP contribution in [0, 0.1) is 5.41 Å². The molecule has 3 rings (SSSR count). The van der Waals surface area contributed by atoms with Gasteiger partial charge in [-0.1, -0.05) is 25.5 Å². The Morgan fingerprint density at radius 3 is 2.68 bits per heavy atom. The van der Waals surface area contributed by atoms with Gasteiger partial charge in [0.25, 0.3) is 0 Å². The Morgan fingerprint density at radius 2 is 2.05 bits per heavy atom. The Kier molecular flexibility index (Phi) is 4.19. The van der Waals surface area contributed by atoms with Crippen LogP contribution >= 0.6 is 0 Å². The summed E-state index contributed by atoms with van der Waals surface area (Å²) in [4.78, 5) is 21.8. The van der Waals surface area contributed by atoms with Crippen molar-refractivity contribution in [1.29, 1.82) is 0 Å². The number of para-hydroxylation sites is 2. The molecule has 1 aromatic carbocycles. The van der Waals surface area contributed by atoms with Gasteiger partial charge in [-0.2, -0.15) is 0 Å². The molecular weight excluding hydrogens is 274 g/mol. The third-order valence-electron chi connectivity index (χ3n) is 5.26. The number of nitrogens with one attached hydrogen (secondary N) is 1. The van der Waals surface area contributed by atoms with Gasteiger partial charge in [0.2, 0.25) is 5.95 Å².